The summed E-state index contributed by atoms with van der Waals surface area (Å²) in [7, 11) is 0. The second-order valence-electron chi connectivity index (χ2n) is 19.1. The van der Waals surface area contributed by atoms with Crippen molar-refractivity contribution in [1.82, 2.24) is 0 Å². The van der Waals surface area contributed by atoms with Crippen LogP contribution in [-0.4, -0.2) is 37.2 Å². The zero-order chi connectivity index (χ0) is 44.5. The van der Waals surface area contributed by atoms with Crippen molar-refractivity contribution in [3.8, 4) is 0 Å². The van der Waals surface area contributed by atoms with Crippen molar-refractivity contribution < 1.29 is 28.6 Å². The highest BCUT2D eigenvalue weighted by Crippen LogP contribution is 2.18. The third-order valence-corrected chi connectivity index (χ3v) is 12.9. The van der Waals surface area contributed by atoms with Gasteiger partial charge in [0.2, 0.25) is 0 Å². The molecule has 0 aromatic carbocycles. The van der Waals surface area contributed by atoms with Crippen LogP contribution in [0.15, 0.2) is 0 Å². The van der Waals surface area contributed by atoms with E-state index in [2.05, 4.69) is 27.7 Å². The second-order valence-corrected chi connectivity index (χ2v) is 19.1. The van der Waals surface area contributed by atoms with Gasteiger partial charge in [-0.15, -0.1) is 0 Å². The van der Waals surface area contributed by atoms with Gasteiger partial charge in [-0.3, -0.25) is 14.4 Å². The van der Waals surface area contributed by atoms with Gasteiger partial charge in [-0.05, 0) is 25.2 Å². The zero-order valence-corrected chi connectivity index (χ0v) is 41.6. The van der Waals surface area contributed by atoms with E-state index in [1.54, 1.807) is 0 Å². The third-order valence-electron chi connectivity index (χ3n) is 12.9. The number of hydrogen-bond acceptors (Lipinski definition) is 6. The van der Waals surface area contributed by atoms with E-state index in [1.807, 2.05) is 0 Å². The molecule has 0 bridgehead atoms. The molecule has 2 atom stereocenters. The van der Waals surface area contributed by atoms with E-state index in [-0.39, 0.29) is 31.1 Å². The number of rotatable bonds is 50. The fraction of sp³-hybridized carbons (Fsp3) is 0.945. The molecule has 61 heavy (non-hydrogen) atoms. The van der Waals surface area contributed by atoms with Crippen LogP contribution in [-0.2, 0) is 28.6 Å². The molecular formula is C55H106O6. The van der Waals surface area contributed by atoms with Crippen LogP contribution in [0.5, 0.6) is 0 Å². The van der Waals surface area contributed by atoms with Crippen molar-refractivity contribution in [3.63, 3.8) is 0 Å². The minimum Gasteiger partial charge on any atom is -0.462 e. The Balaban J connectivity index is 4.25. The maximum atomic E-state index is 12.8. The summed E-state index contributed by atoms with van der Waals surface area (Å²) < 4.78 is 16.8. The van der Waals surface area contributed by atoms with Gasteiger partial charge < -0.3 is 14.2 Å². The average molecular weight is 863 g/mol. The first kappa shape index (κ1) is 59.4. The summed E-state index contributed by atoms with van der Waals surface area (Å²) in [4.78, 5) is 38.0. The Morgan fingerprint density at radius 1 is 0.328 bits per heavy atom. The summed E-state index contributed by atoms with van der Waals surface area (Å²) in [6, 6.07) is 0. The second kappa shape index (κ2) is 49.4. The van der Waals surface area contributed by atoms with Crippen LogP contribution in [0.25, 0.3) is 0 Å². The molecule has 1 unspecified atom stereocenters. The standard InChI is InChI=1S/C55H106O6/c1-5-8-10-12-14-16-18-19-20-21-22-23-24-25-26-32-36-40-44-48-55(58)61-52(49-59-53(56)46-42-38-34-30-17-15-13-11-9-6-2)50-60-54(57)47-43-39-35-31-28-27-29-33-37-41-45-51(4)7-3/h51-52H,5-50H2,1-4H3/t51?,52-/m0/s1. The molecule has 0 saturated heterocycles. The summed E-state index contributed by atoms with van der Waals surface area (Å²) in [6.07, 6.45) is 52.3. The fourth-order valence-electron chi connectivity index (χ4n) is 8.36. The quantitative estimate of drug-likeness (QED) is 0.0344. The monoisotopic (exact) mass is 863 g/mol. The Morgan fingerprint density at radius 3 is 0.852 bits per heavy atom. The van der Waals surface area contributed by atoms with Crippen molar-refractivity contribution in [2.45, 2.75) is 316 Å². The molecule has 0 heterocycles. The number of carbonyl (C=O) groups excluding carboxylic acids is 3. The Hall–Kier alpha value is -1.59. The first-order valence-electron chi connectivity index (χ1n) is 27.4. The van der Waals surface area contributed by atoms with Gasteiger partial charge in [0.15, 0.2) is 6.10 Å². The van der Waals surface area contributed by atoms with E-state index in [9.17, 15) is 14.4 Å². The third kappa shape index (κ3) is 47.7. The predicted molar refractivity (Wildman–Crippen MR) is 261 cm³/mol. The molecule has 0 spiro atoms. The lowest BCUT2D eigenvalue weighted by molar-refractivity contribution is -0.167. The topological polar surface area (TPSA) is 78.9 Å². The first-order valence-corrected chi connectivity index (χ1v) is 27.4. The van der Waals surface area contributed by atoms with Gasteiger partial charge in [0.1, 0.15) is 13.2 Å². The van der Waals surface area contributed by atoms with Crippen LogP contribution in [0.4, 0.5) is 0 Å². The molecule has 0 aromatic heterocycles. The Morgan fingerprint density at radius 2 is 0.574 bits per heavy atom. The number of hydrogen-bond donors (Lipinski definition) is 0. The Labute approximate surface area is 380 Å². The van der Waals surface area contributed by atoms with E-state index in [4.69, 9.17) is 14.2 Å². The lowest BCUT2D eigenvalue weighted by atomic mass is 9.99. The largest absolute Gasteiger partial charge is 0.462 e. The normalized spacial score (nSPS) is 12.4. The van der Waals surface area contributed by atoms with Crippen LogP contribution in [0.1, 0.15) is 310 Å². The maximum absolute atomic E-state index is 12.8. The van der Waals surface area contributed by atoms with Crippen molar-refractivity contribution >= 4 is 17.9 Å². The Kier molecular flexibility index (Phi) is 48.1. The van der Waals surface area contributed by atoms with Crippen molar-refractivity contribution in [2.24, 2.45) is 5.92 Å². The molecule has 0 amide bonds. The minimum atomic E-state index is -0.761. The van der Waals surface area contributed by atoms with Gasteiger partial charge in [-0.25, -0.2) is 0 Å². The van der Waals surface area contributed by atoms with Crippen molar-refractivity contribution in [3.05, 3.63) is 0 Å². The smallest absolute Gasteiger partial charge is 0.306 e. The van der Waals surface area contributed by atoms with Crippen LogP contribution < -0.4 is 0 Å². The van der Waals surface area contributed by atoms with Gasteiger partial charge in [-0.2, -0.15) is 0 Å². The van der Waals surface area contributed by atoms with Gasteiger partial charge >= 0.3 is 17.9 Å². The van der Waals surface area contributed by atoms with Gasteiger partial charge in [0.25, 0.3) is 0 Å². The lowest BCUT2D eigenvalue weighted by Gasteiger charge is -2.18. The minimum absolute atomic E-state index is 0.0628. The van der Waals surface area contributed by atoms with Crippen molar-refractivity contribution in [2.75, 3.05) is 13.2 Å². The van der Waals surface area contributed by atoms with Crippen molar-refractivity contribution in [1.29, 1.82) is 0 Å². The highest BCUT2D eigenvalue weighted by Gasteiger charge is 2.19. The van der Waals surface area contributed by atoms with Crippen LogP contribution in [0.3, 0.4) is 0 Å². The molecule has 0 radical (unpaired) electrons. The van der Waals surface area contributed by atoms with Crippen LogP contribution >= 0.6 is 0 Å². The number of esters is 3. The molecule has 6 heteroatoms. The number of ether oxygens (including phenoxy) is 3. The number of unbranched alkanes of at least 4 members (excludes halogenated alkanes) is 36. The van der Waals surface area contributed by atoms with Crippen LogP contribution in [0, 0.1) is 5.92 Å². The summed E-state index contributed by atoms with van der Waals surface area (Å²) >= 11 is 0. The van der Waals surface area contributed by atoms with E-state index in [0.29, 0.717) is 19.3 Å². The molecule has 0 saturated carbocycles. The molecule has 0 aliphatic carbocycles. The molecule has 362 valence electrons. The summed E-state index contributed by atoms with van der Waals surface area (Å²) in [5, 5.41) is 0. The van der Waals surface area contributed by atoms with Gasteiger partial charge in [0, 0.05) is 19.3 Å². The molecule has 0 fully saturated rings. The summed E-state index contributed by atoms with van der Waals surface area (Å²) in [5.41, 5.74) is 0. The van der Waals surface area contributed by atoms with E-state index >= 15 is 0 Å². The fourth-order valence-corrected chi connectivity index (χ4v) is 8.36. The first-order chi connectivity index (χ1) is 29.9. The SMILES string of the molecule is CCCCCCCCCCCCCCCCCCCCCC(=O)O[C@@H](COC(=O)CCCCCCCCCCCC)COC(=O)CCCCCCCCCCCCC(C)CC. The molecule has 6 nitrogen and oxygen atoms in total. The molecule has 0 aromatic rings. The molecule has 0 rings (SSSR count). The highest BCUT2D eigenvalue weighted by molar-refractivity contribution is 5.71. The predicted octanol–water partition coefficient (Wildman–Crippen LogP) is 17.8. The summed E-state index contributed by atoms with van der Waals surface area (Å²) in [6.45, 7) is 9.05. The van der Waals surface area contributed by atoms with E-state index in [1.165, 1.54) is 205 Å². The highest BCUT2D eigenvalue weighted by atomic mass is 16.6. The van der Waals surface area contributed by atoms with Gasteiger partial charge in [0.05, 0.1) is 0 Å². The van der Waals surface area contributed by atoms with Gasteiger partial charge in [-0.1, -0.05) is 272 Å². The maximum Gasteiger partial charge on any atom is 0.306 e. The van der Waals surface area contributed by atoms with E-state index < -0.39 is 6.10 Å². The average Bonchev–Trinajstić information content (AvgIpc) is 3.26. The molecular weight excluding hydrogens is 757 g/mol. The molecule has 0 aliphatic rings. The zero-order valence-electron chi connectivity index (χ0n) is 41.6. The lowest BCUT2D eigenvalue weighted by Crippen LogP contribution is -2.30. The molecule has 0 aliphatic heterocycles. The Bertz CT molecular complexity index is 920. The molecule has 0 N–H and O–H groups in total. The number of carbonyl (C=O) groups is 3. The van der Waals surface area contributed by atoms with Crippen LogP contribution in [0.2, 0.25) is 0 Å². The van der Waals surface area contributed by atoms with E-state index in [0.717, 1.165) is 63.7 Å². The summed E-state index contributed by atoms with van der Waals surface area (Å²) in [5.74, 6) is 0.0269.